The van der Waals surface area contributed by atoms with Crippen LogP contribution in [0.3, 0.4) is 0 Å². The molecule has 0 radical (unpaired) electrons. The van der Waals surface area contributed by atoms with Crippen molar-refractivity contribution in [3.05, 3.63) is 124 Å². The summed E-state index contributed by atoms with van der Waals surface area (Å²) in [5, 5.41) is 0. The summed E-state index contributed by atoms with van der Waals surface area (Å²) in [6, 6.07) is 26.0. The van der Waals surface area contributed by atoms with Crippen LogP contribution >= 0.6 is 0 Å². The Morgan fingerprint density at radius 1 is 0.651 bits per heavy atom. The van der Waals surface area contributed by atoms with Crippen LogP contribution in [0.2, 0.25) is 0 Å². The van der Waals surface area contributed by atoms with Gasteiger partial charge >= 0.3 is 11.9 Å². The van der Waals surface area contributed by atoms with E-state index in [1.54, 1.807) is 31.4 Å². The molecule has 0 bridgehead atoms. The predicted molar refractivity (Wildman–Crippen MR) is 164 cm³/mol. The minimum Gasteiger partial charge on any atom is -0.496 e. The van der Waals surface area contributed by atoms with E-state index in [0.717, 1.165) is 22.3 Å². The van der Waals surface area contributed by atoms with E-state index in [0.29, 0.717) is 33.9 Å². The molecule has 0 aliphatic carbocycles. The second kappa shape index (κ2) is 13.4. The molecule has 222 valence electrons. The van der Waals surface area contributed by atoms with Gasteiger partial charge in [-0.25, -0.2) is 0 Å². The van der Waals surface area contributed by atoms with Crippen molar-refractivity contribution in [3.8, 4) is 17.2 Å². The van der Waals surface area contributed by atoms with Gasteiger partial charge in [-0.15, -0.1) is 0 Å². The van der Waals surface area contributed by atoms with E-state index in [2.05, 4.69) is 13.8 Å². The number of esters is 2. The minimum atomic E-state index is -0.473. The number of carbonyl (C=O) groups excluding carboxylic acids is 3. The maximum atomic E-state index is 12.9. The fraction of sp³-hybridized carbons (Fsp3) is 0.250. The molecule has 4 aromatic carbocycles. The van der Waals surface area contributed by atoms with E-state index in [-0.39, 0.29) is 25.0 Å². The predicted octanol–water partition coefficient (Wildman–Crippen LogP) is 7.48. The van der Waals surface area contributed by atoms with Crippen LogP contribution in [0.5, 0.6) is 17.2 Å². The fourth-order valence-electron chi connectivity index (χ4n) is 4.66. The average Bonchev–Trinajstić information content (AvgIpc) is 2.99. The molecule has 0 heterocycles. The maximum Gasteiger partial charge on any atom is 0.302 e. The highest BCUT2D eigenvalue weighted by molar-refractivity contribution is 6.09. The Kier molecular flexibility index (Phi) is 9.66. The molecule has 0 N–H and O–H groups in total. The van der Waals surface area contributed by atoms with E-state index in [1.807, 2.05) is 67.6 Å². The smallest absolute Gasteiger partial charge is 0.302 e. The van der Waals surface area contributed by atoms with Gasteiger partial charge in [-0.2, -0.15) is 0 Å². The zero-order chi connectivity index (χ0) is 31.1. The number of ketones is 1. The third kappa shape index (κ3) is 7.68. The number of methoxy groups -OCH3 is 1. The summed E-state index contributed by atoms with van der Waals surface area (Å²) >= 11 is 0. The van der Waals surface area contributed by atoms with Gasteiger partial charge in [0.05, 0.1) is 7.11 Å². The van der Waals surface area contributed by atoms with Crippen molar-refractivity contribution in [2.75, 3.05) is 7.11 Å². The molecule has 0 atom stereocenters. The quantitative estimate of drug-likeness (QED) is 0.134. The number of rotatable bonds is 11. The standard InChI is InChI=1S/C36H36O7/c1-23-7-9-26(10-8-23)35(39)27-11-15-32(16-12-27)43-34-18-14-31(20-29(34)22-42-25(3)38)36(4,5)30-13-17-33(40-6)28(19-30)21-41-24(2)37/h7-20H,21-22H2,1-6H3. The van der Waals surface area contributed by atoms with Gasteiger partial charge in [0, 0.05) is 41.5 Å². The summed E-state index contributed by atoms with van der Waals surface area (Å²) in [5.74, 6) is 0.866. The van der Waals surface area contributed by atoms with Gasteiger partial charge < -0.3 is 18.9 Å². The molecular formula is C36H36O7. The largest absolute Gasteiger partial charge is 0.496 e. The van der Waals surface area contributed by atoms with Crippen LogP contribution in [0.15, 0.2) is 84.9 Å². The number of hydrogen-bond donors (Lipinski definition) is 0. The van der Waals surface area contributed by atoms with Gasteiger partial charge in [-0.05, 0) is 66.6 Å². The number of hydrogen-bond acceptors (Lipinski definition) is 7. The highest BCUT2D eigenvalue weighted by Gasteiger charge is 2.26. The molecule has 0 aliphatic rings. The van der Waals surface area contributed by atoms with Gasteiger partial charge in [-0.3, -0.25) is 14.4 Å². The van der Waals surface area contributed by atoms with Crippen molar-refractivity contribution >= 4 is 17.7 Å². The van der Waals surface area contributed by atoms with Crippen molar-refractivity contribution in [1.29, 1.82) is 0 Å². The van der Waals surface area contributed by atoms with Crippen LogP contribution in [0, 0.1) is 6.92 Å². The number of aryl methyl sites for hydroxylation is 1. The lowest BCUT2D eigenvalue weighted by Gasteiger charge is -2.28. The molecule has 7 nitrogen and oxygen atoms in total. The summed E-state index contributed by atoms with van der Waals surface area (Å²) in [5.41, 5.74) is 5.19. The Bertz CT molecular complexity index is 1620. The van der Waals surface area contributed by atoms with Gasteiger partial charge in [0.2, 0.25) is 0 Å². The lowest BCUT2D eigenvalue weighted by molar-refractivity contribution is -0.143. The van der Waals surface area contributed by atoms with Gasteiger partial charge in [0.25, 0.3) is 0 Å². The summed E-state index contributed by atoms with van der Waals surface area (Å²) in [6.45, 7) is 9.00. The monoisotopic (exact) mass is 580 g/mol. The highest BCUT2D eigenvalue weighted by Crippen LogP contribution is 2.37. The molecule has 43 heavy (non-hydrogen) atoms. The van der Waals surface area contributed by atoms with Crippen LogP contribution in [0.25, 0.3) is 0 Å². The fourth-order valence-corrected chi connectivity index (χ4v) is 4.66. The number of benzene rings is 4. The summed E-state index contributed by atoms with van der Waals surface area (Å²) in [4.78, 5) is 36.0. The molecule has 0 spiro atoms. The molecule has 0 aliphatic heterocycles. The van der Waals surface area contributed by atoms with Crippen LogP contribution in [-0.2, 0) is 37.7 Å². The lowest BCUT2D eigenvalue weighted by Crippen LogP contribution is -2.20. The van der Waals surface area contributed by atoms with Crippen molar-refractivity contribution < 1.29 is 33.3 Å². The van der Waals surface area contributed by atoms with E-state index in [4.69, 9.17) is 18.9 Å². The lowest BCUT2D eigenvalue weighted by atomic mass is 9.77. The summed E-state index contributed by atoms with van der Waals surface area (Å²) in [6.07, 6.45) is 0. The first-order chi connectivity index (χ1) is 20.5. The van der Waals surface area contributed by atoms with Crippen molar-refractivity contribution in [1.82, 2.24) is 0 Å². The molecule has 0 unspecified atom stereocenters. The molecule has 0 aromatic heterocycles. The van der Waals surface area contributed by atoms with Crippen molar-refractivity contribution in [2.45, 2.75) is 53.2 Å². The Morgan fingerprint density at radius 2 is 1.12 bits per heavy atom. The van der Waals surface area contributed by atoms with E-state index in [9.17, 15) is 14.4 Å². The van der Waals surface area contributed by atoms with Crippen LogP contribution in [0.1, 0.15) is 71.4 Å². The first-order valence-electron chi connectivity index (χ1n) is 13.9. The number of ether oxygens (including phenoxy) is 4. The van der Waals surface area contributed by atoms with Gasteiger partial charge in [-0.1, -0.05) is 55.8 Å². The zero-order valence-corrected chi connectivity index (χ0v) is 25.4. The first kappa shape index (κ1) is 31.0. The summed E-state index contributed by atoms with van der Waals surface area (Å²) < 4.78 is 22.3. The Hall–Kier alpha value is -4.91. The Morgan fingerprint density at radius 3 is 1.60 bits per heavy atom. The third-order valence-electron chi connectivity index (χ3n) is 7.30. The van der Waals surface area contributed by atoms with Crippen molar-refractivity contribution in [2.24, 2.45) is 0 Å². The minimum absolute atomic E-state index is 0.0267. The Balaban J connectivity index is 1.61. The molecule has 7 heteroatoms. The average molecular weight is 581 g/mol. The van der Waals surface area contributed by atoms with E-state index >= 15 is 0 Å². The second-order valence-corrected chi connectivity index (χ2v) is 10.9. The number of carbonyl (C=O) groups is 3. The highest BCUT2D eigenvalue weighted by atomic mass is 16.5. The molecule has 0 amide bonds. The second-order valence-electron chi connectivity index (χ2n) is 10.9. The topological polar surface area (TPSA) is 88.1 Å². The van der Waals surface area contributed by atoms with Crippen LogP contribution in [-0.4, -0.2) is 24.8 Å². The van der Waals surface area contributed by atoms with Crippen LogP contribution in [0.4, 0.5) is 0 Å². The van der Waals surface area contributed by atoms with Crippen molar-refractivity contribution in [3.63, 3.8) is 0 Å². The molecule has 4 aromatic rings. The van der Waals surface area contributed by atoms with E-state index in [1.165, 1.54) is 13.8 Å². The van der Waals surface area contributed by atoms with Gasteiger partial charge in [0.15, 0.2) is 5.78 Å². The zero-order valence-electron chi connectivity index (χ0n) is 25.4. The molecule has 0 fully saturated rings. The van der Waals surface area contributed by atoms with E-state index < -0.39 is 11.4 Å². The third-order valence-corrected chi connectivity index (χ3v) is 7.30. The Labute approximate surface area is 252 Å². The normalized spacial score (nSPS) is 11.0. The molecule has 4 rings (SSSR count). The molecule has 0 saturated heterocycles. The summed E-state index contributed by atoms with van der Waals surface area (Å²) in [7, 11) is 1.58. The molecule has 0 saturated carbocycles. The molecular weight excluding hydrogens is 544 g/mol. The van der Waals surface area contributed by atoms with Crippen LogP contribution < -0.4 is 9.47 Å². The SMILES string of the molecule is COc1ccc(C(C)(C)c2ccc(Oc3ccc(C(=O)c4ccc(C)cc4)cc3)c(COC(C)=O)c2)cc1COC(C)=O. The first-order valence-corrected chi connectivity index (χ1v) is 13.9. The maximum absolute atomic E-state index is 12.9. The van der Waals surface area contributed by atoms with Gasteiger partial charge in [0.1, 0.15) is 30.5 Å².